The van der Waals surface area contributed by atoms with Crippen molar-refractivity contribution in [2.75, 3.05) is 18.8 Å². The van der Waals surface area contributed by atoms with E-state index in [9.17, 15) is 9.90 Å². The molecule has 0 spiro atoms. The molecule has 2 aromatic rings. The highest BCUT2D eigenvalue weighted by atomic mass is 32.1. The summed E-state index contributed by atoms with van der Waals surface area (Å²) in [6.45, 7) is 4.59. The number of nitrogens with two attached hydrogens (primary N) is 1. The first-order chi connectivity index (χ1) is 16.5. The molecular weight excluding hydrogens is 444 g/mol. The Hall–Kier alpha value is -2.38. The van der Waals surface area contributed by atoms with Crippen molar-refractivity contribution >= 4 is 28.5 Å². The van der Waals surface area contributed by atoms with Crippen molar-refractivity contribution in [1.29, 1.82) is 0 Å². The summed E-state index contributed by atoms with van der Waals surface area (Å²) in [5, 5.41) is 13.4. The van der Waals surface area contributed by atoms with Crippen LogP contribution in [0.3, 0.4) is 0 Å². The van der Waals surface area contributed by atoms with Gasteiger partial charge in [0.2, 0.25) is 5.91 Å². The first-order valence-electron chi connectivity index (χ1n) is 12.8. The Morgan fingerprint density at radius 1 is 1.26 bits per heavy atom. The van der Waals surface area contributed by atoms with Gasteiger partial charge in [0.25, 0.3) is 0 Å². The maximum absolute atomic E-state index is 12.3. The SMILES string of the molecule is CCCN(CCC1CCC(NC(=O)/C=C/c2cccc(O)c2)CC1)[C@H]1CCc2nc(N)sc2C1. The molecule has 0 aliphatic heterocycles. The molecule has 0 unspecified atom stereocenters. The van der Waals surface area contributed by atoms with Crippen LogP contribution in [0.15, 0.2) is 30.3 Å². The second-order valence-corrected chi connectivity index (χ2v) is 10.9. The van der Waals surface area contributed by atoms with E-state index in [1.54, 1.807) is 41.7 Å². The fraction of sp³-hybridized carbons (Fsp3) is 0.556. The summed E-state index contributed by atoms with van der Waals surface area (Å²) in [5.41, 5.74) is 7.99. The number of carbonyl (C=O) groups excluding carboxylic acids is 1. The molecule has 1 aromatic carbocycles. The molecule has 0 radical (unpaired) electrons. The molecule has 1 aromatic heterocycles. The van der Waals surface area contributed by atoms with Crippen molar-refractivity contribution in [2.45, 2.75) is 76.8 Å². The standard InChI is InChI=1S/C27H38N4O2S/c1-2-15-31(22-11-12-24-25(18-22)34-27(28)30-24)16-14-19-6-9-21(10-7-19)29-26(33)13-8-20-4-3-5-23(32)17-20/h3-5,8,13,17,19,21-22,32H,2,6-7,9-12,14-16,18H2,1H3,(H2,28,30)(H,29,33)/b13-8+/t19?,21?,22-/m0/s1. The normalized spacial score (nSPS) is 22.7. The number of benzene rings is 1. The van der Waals surface area contributed by atoms with Crippen LogP contribution in [0.25, 0.3) is 6.08 Å². The van der Waals surface area contributed by atoms with Crippen molar-refractivity contribution in [3.8, 4) is 5.75 Å². The molecule has 0 bridgehead atoms. The monoisotopic (exact) mass is 482 g/mol. The molecular formula is C27H38N4O2S. The number of hydrogen-bond donors (Lipinski definition) is 3. The van der Waals surface area contributed by atoms with Crippen LogP contribution >= 0.6 is 11.3 Å². The lowest BCUT2D eigenvalue weighted by atomic mass is 9.83. The van der Waals surface area contributed by atoms with E-state index in [1.165, 1.54) is 42.7 Å². The molecule has 184 valence electrons. The van der Waals surface area contributed by atoms with Crippen LogP contribution < -0.4 is 11.1 Å². The summed E-state index contributed by atoms with van der Waals surface area (Å²) < 4.78 is 0. The van der Waals surface area contributed by atoms with Crippen LogP contribution in [-0.2, 0) is 17.6 Å². The Morgan fingerprint density at radius 3 is 2.85 bits per heavy atom. The van der Waals surface area contributed by atoms with Crippen LogP contribution in [0.4, 0.5) is 5.13 Å². The maximum Gasteiger partial charge on any atom is 0.244 e. The minimum absolute atomic E-state index is 0.0544. The largest absolute Gasteiger partial charge is 0.508 e. The first-order valence-corrected chi connectivity index (χ1v) is 13.6. The van der Waals surface area contributed by atoms with Gasteiger partial charge in [-0.3, -0.25) is 4.79 Å². The van der Waals surface area contributed by atoms with Gasteiger partial charge in [-0.1, -0.05) is 19.1 Å². The van der Waals surface area contributed by atoms with Gasteiger partial charge in [0, 0.05) is 23.0 Å². The minimum Gasteiger partial charge on any atom is -0.508 e. The lowest BCUT2D eigenvalue weighted by molar-refractivity contribution is -0.117. The summed E-state index contributed by atoms with van der Waals surface area (Å²) in [6.07, 6.45) is 13.5. The number of aromatic nitrogens is 1. The van der Waals surface area contributed by atoms with Crippen molar-refractivity contribution in [2.24, 2.45) is 5.92 Å². The van der Waals surface area contributed by atoms with Crippen LogP contribution in [0.1, 0.15) is 68.0 Å². The zero-order valence-electron chi connectivity index (χ0n) is 20.2. The Balaban J connectivity index is 1.20. The topological polar surface area (TPSA) is 91.5 Å². The third-order valence-corrected chi connectivity index (χ3v) is 8.22. The molecule has 2 aliphatic rings. The van der Waals surface area contributed by atoms with Gasteiger partial charge in [-0.15, -0.1) is 11.3 Å². The van der Waals surface area contributed by atoms with E-state index in [4.69, 9.17) is 5.73 Å². The van der Waals surface area contributed by atoms with Crippen molar-refractivity contribution < 1.29 is 9.90 Å². The number of nitrogen functional groups attached to an aromatic ring is 1. The van der Waals surface area contributed by atoms with Gasteiger partial charge in [0.15, 0.2) is 5.13 Å². The lowest BCUT2D eigenvalue weighted by Gasteiger charge is -2.36. The number of hydrogen-bond acceptors (Lipinski definition) is 6. The zero-order valence-corrected chi connectivity index (χ0v) is 21.0. The quantitative estimate of drug-likeness (QED) is 0.448. The van der Waals surface area contributed by atoms with Gasteiger partial charge in [-0.2, -0.15) is 0 Å². The Morgan fingerprint density at radius 2 is 2.09 bits per heavy atom. The van der Waals surface area contributed by atoms with Crippen LogP contribution in [0, 0.1) is 5.92 Å². The van der Waals surface area contributed by atoms with Gasteiger partial charge in [0.05, 0.1) is 5.69 Å². The zero-order chi connectivity index (χ0) is 23.9. The number of amides is 1. The number of nitrogens with one attached hydrogen (secondary N) is 1. The Kier molecular flexibility index (Phi) is 8.62. The van der Waals surface area contributed by atoms with Gasteiger partial charge in [0.1, 0.15) is 5.75 Å². The highest BCUT2D eigenvalue weighted by molar-refractivity contribution is 7.15. The van der Waals surface area contributed by atoms with E-state index >= 15 is 0 Å². The average Bonchev–Trinajstić information content (AvgIpc) is 3.20. The first kappa shape index (κ1) is 24.7. The van der Waals surface area contributed by atoms with Crippen LogP contribution in [-0.4, -0.2) is 46.1 Å². The van der Waals surface area contributed by atoms with Gasteiger partial charge < -0.3 is 21.1 Å². The molecule has 6 nitrogen and oxygen atoms in total. The number of nitrogens with zero attached hydrogens (tertiary/aromatic N) is 2. The molecule has 7 heteroatoms. The van der Waals surface area contributed by atoms with Gasteiger partial charge in [-0.05, 0) is 101 Å². The number of fused-ring (bicyclic) bond motifs is 1. The van der Waals surface area contributed by atoms with E-state index in [-0.39, 0.29) is 17.7 Å². The van der Waals surface area contributed by atoms with E-state index in [2.05, 4.69) is 22.1 Å². The maximum atomic E-state index is 12.3. The van der Waals surface area contributed by atoms with Gasteiger partial charge >= 0.3 is 0 Å². The van der Waals surface area contributed by atoms with Crippen molar-refractivity contribution in [3.63, 3.8) is 0 Å². The van der Waals surface area contributed by atoms with Crippen molar-refractivity contribution in [1.82, 2.24) is 15.2 Å². The van der Waals surface area contributed by atoms with Crippen LogP contribution in [0.2, 0.25) is 0 Å². The summed E-state index contributed by atoms with van der Waals surface area (Å²) in [4.78, 5) is 20.9. The van der Waals surface area contributed by atoms with Crippen molar-refractivity contribution in [3.05, 3.63) is 46.5 Å². The number of rotatable bonds is 9. The molecule has 1 amide bonds. The highest BCUT2D eigenvalue weighted by Gasteiger charge is 2.28. The molecule has 1 heterocycles. The number of aromatic hydroxyl groups is 1. The molecule has 4 rings (SSSR count). The Labute approximate surface area is 207 Å². The molecule has 1 fully saturated rings. The lowest BCUT2D eigenvalue weighted by Crippen LogP contribution is -2.41. The summed E-state index contributed by atoms with van der Waals surface area (Å²) in [5.74, 6) is 0.898. The summed E-state index contributed by atoms with van der Waals surface area (Å²) in [6, 6.07) is 7.79. The third-order valence-electron chi connectivity index (χ3n) is 7.27. The van der Waals surface area contributed by atoms with E-state index in [1.807, 2.05) is 6.07 Å². The van der Waals surface area contributed by atoms with E-state index in [0.29, 0.717) is 11.2 Å². The van der Waals surface area contributed by atoms with E-state index in [0.717, 1.165) is 50.3 Å². The number of phenols is 1. The molecule has 34 heavy (non-hydrogen) atoms. The van der Waals surface area contributed by atoms with E-state index < -0.39 is 0 Å². The molecule has 1 saturated carbocycles. The number of aryl methyl sites for hydroxylation is 1. The fourth-order valence-corrected chi connectivity index (χ4v) is 6.40. The predicted octanol–water partition coefficient (Wildman–Crippen LogP) is 4.78. The molecule has 0 saturated heterocycles. The predicted molar refractivity (Wildman–Crippen MR) is 140 cm³/mol. The number of anilines is 1. The molecule has 1 atom stereocenters. The highest BCUT2D eigenvalue weighted by Crippen LogP contribution is 2.32. The summed E-state index contributed by atoms with van der Waals surface area (Å²) in [7, 11) is 0. The number of carbonyl (C=O) groups is 1. The Bertz CT molecular complexity index is 981. The number of phenolic OH excluding ortho intramolecular Hbond substituents is 1. The fourth-order valence-electron chi connectivity index (χ4n) is 5.45. The number of thiazole rings is 1. The second-order valence-electron chi connectivity index (χ2n) is 9.80. The second kappa shape index (κ2) is 11.8. The average molecular weight is 483 g/mol. The smallest absolute Gasteiger partial charge is 0.244 e. The molecule has 2 aliphatic carbocycles. The van der Waals surface area contributed by atoms with Gasteiger partial charge in [-0.25, -0.2) is 4.98 Å². The minimum atomic E-state index is -0.0544. The van der Waals surface area contributed by atoms with Crippen LogP contribution in [0.5, 0.6) is 5.75 Å². The summed E-state index contributed by atoms with van der Waals surface area (Å²) >= 11 is 1.67. The molecule has 4 N–H and O–H groups in total. The third kappa shape index (κ3) is 6.83.